The van der Waals surface area contributed by atoms with E-state index in [0.717, 1.165) is 33.1 Å². The molecule has 7 heteroatoms. The molecule has 0 spiro atoms. The van der Waals surface area contributed by atoms with E-state index in [1.165, 1.54) is 0 Å². The van der Waals surface area contributed by atoms with Crippen molar-refractivity contribution in [3.63, 3.8) is 0 Å². The molecule has 0 saturated carbocycles. The quantitative estimate of drug-likeness (QED) is 0.391. The van der Waals surface area contributed by atoms with Crippen molar-refractivity contribution < 1.29 is 14.5 Å². The third-order valence-electron chi connectivity index (χ3n) is 5.75. The fourth-order valence-corrected chi connectivity index (χ4v) is 4.05. The Kier molecular flexibility index (Phi) is 4.91. The summed E-state index contributed by atoms with van der Waals surface area (Å²) in [5.41, 5.74) is 4.27. The molecule has 2 N–H and O–H groups in total. The van der Waals surface area contributed by atoms with Crippen molar-refractivity contribution in [2.45, 2.75) is 0 Å². The highest BCUT2D eigenvalue weighted by Crippen LogP contribution is 2.32. The molecule has 0 radical (unpaired) electrons. The van der Waals surface area contributed by atoms with Crippen LogP contribution in [0.25, 0.3) is 56.1 Å². The lowest BCUT2D eigenvalue weighted by atomic mass is 9.79. The second kappa shape index (κ2) is 8.22. The molecule has 0 aliphatic heterocycles. The summed E-state index contributed by atoms with van der Waals surface area (Å²) >= 11 is 0. The highest BCUT2D eigenvalue weighted by atomic mass is 16.4. The summed E-state index contributed by atoms with van der Waals surface area (Å²) in [6, 6.07) is 30.5. The van der Waals surface area contributed by atoms with Crippen molar-refractivity contribution >= 4 is 34.5 Å². The molecule has 6 nitrogen and oxygen atoms in total. The van der Waals surface area contributed by atoms with Gasteiger partial charge in [-0.1, -0.05) is 78.9 Å². The van der Waals surface area contributed by atoms with Crippen LogP contribution in [-0.4, -0.2) is 32.1 Å². The smallest absolute Gasteiger partial charge is 0.456 e. The Bertz CT molecular complexity index is 1650. The van der Waals surface area contributed by atoms with Gasteiger partial charge < -0.3 is 14.5 Å². The van der Waals surface area contributed by atoms with Crippen LogP contribution in [0.3, 0.4) is 0 Å². The Balaban J connectivity index is 1.54. The minimum Gasteiger partial charge on any atom is -0.456 e. The van der Waals surface area contributed by atoms with Gasteiger partial charge in [0.15, 0.2) is 17.5 Å². The van der Waals surface area contributed by atoms with Crippen LogP contribution in [0.4, 0.5) is 0 Å². The molecule has 2 aromatic heterocycles. The van der Waals surface area contributed by atoms with Crippen LogP contribution in [0.2, 0.25) is 0 Å². The first-order chi connectivity index (χ1) is 16.7. The molecule has 0 aliphatic rings. The molecule has 0 saturated heterocycles. The van der Waals surface area contributed by atoms with Crippen LogP contribution in [0.5, 0.6) is 0 Å². The van der Waals surface area contributed by atoms with E-state index in [4.69, 9.17) is 14.4 Å². The lowest BCUT2D eigenvalue weighted by Crippen LogP contribution is -2.29. The maximum Gasteiger partial charge on any atom is 0.488 e. The van der Waals surface area contributed by atoms with Crippen molar-refractivity contribution in [2.24, 2.45) is 0 Å². The maximum absolute atomic E-state index is 9.61. The Hall–Kier alpha value is -4.33. The summed E-state index contributed by atoms with van der Waals surface area (Å²) in [5, 5.41) is 21.3. The molecule has 0 atom stereocenters. The molecule has 0 fully saturated rings. The summed E-state index contributed by atoms with van der Waals surface area (Å²) in [5.74, 6) is 1.47. The average Bonchev–Trinajstić information content (AvgIpc) is 3.27. The van der Waals surface area contributed by atoms with Crippen molar-refractivity contribution in [2.75, 3.05) is 0 Å². The summed E-state index contributed by atoms with van der Waals surface area (Å²) in [6.45, 7) is 0. The van der Waals surface area contributed by atoms with Gasteiger partial charge in [-0.2, -0.15) is 0 Å². The predicted octanol–water partition coefficient (Wildman–Crippen LogP) is 4.45. The summed E-state index contributed by atoms with van der Waals surface area (Å²) < 4.78 is 6.06. The average molecular weight is 443 g/mol. The van der Waals surface area contributed by atoms with E-state index in [9.17, 15) is 10.0 Å². The second-order valence-corrected chi connectivity index (χ2v) is 7.98. The van der Waals surface area contributed by atoms with E-state index in [-0.39, 0.29) is 0 Å². The van der Waals surface area contributed by atoms with Gasteiger partial charge in [0.2, 0.25) is 0 Å². The summed E-state index contributed by atoms with van der Waals surface area (Å²) in [7, 11) is -1.58. The number of para-hydroxylation sites is 1. The first-order valence-electron chi connectivity index (χ1n) is 10.9. The highest BCUT2D eigenvalue weighted by Gasteiger charge is 2.16. The lowest BCUT2D eigenvalue weighted by molar-refractivity contribution is 0.426. The third kappa shape index (κ3) is 3.63. The third-order valence-corrected chi connectivity index (χ3v) is 5.75. The number of fused-ring (bicyclic) bond motifs is 3. The number of rotatable bonds is 4. The zero-order chi connectivity index (χ0) is 23.1. The number of hydrogen-bond acceptors (Lipinski definition) is 6. The fraction of sp³-hybridized carbons (Fsp3) is 0. The molecular weight excluding hydrogens is 425 g/mol. The molecule has 0 aliphatic carbocycles. The number of furan rings is 1. The molecule has 4 aromatic carbocycles. The number of hydrogen-bond donors (Lipinski definition) is 2. The minimum absolute atomic E-state index is 0.365. The van der Waals surface area contributed by atoms with Crippen molar-refractivity contribution in [3.05, 3.63) is 97.1 Å². The first-order valence-corrected chi connectivity index (χ1v) is 10.9. The van der Waals surface area contributed by atoms with Crippen molar-refractivity contribution in [3.8, 4) is 34.2 Å². The van der Waals surface area contributed by atoms with E-state index in [0.29, 0.717) is 28.5 Å². The maximum atomic E-state index is 9.61. The van der Waals surface area contributed by atoms with Gasteiger partial charge >= 0.3 is 7.12 Å². The van der Waals surface area contributed by atoms with E-state index in [1.807, 2.05) is 78.9 Å². The SMILES string of the molecule is OB(O)c1cccc(-c2nc(-c3ccccc3)nc(-c3ccc4c(c3)oc3ccccc34)n2)c1. The molecule has 0 unspecified atom stereocenters. The summed E-state index contributed by atoms with van der Waals surface area (Å²) in [6.07, 6.45) is 0. The Labute approximate surface area is 195 Å². The van der Waals surface area contributed by atoms with E-state index < -0.39 is 7.12 Å². The molecule has 6 rings (SSSR count). The minimum atomic E-state index is -1.58. The molecule has 6 aromatic rings. The van der Waals surface area contributed by atoms with Crippen molar-refractivity contribution in [1.82, 2.24) is 15.0 Å². The van der Waals surface area contributed by atoms with E-state index in [2.05, 4.69) is 4.98 Å². The van der Waals surface area contributed by atoms with Gasteiger partial charge in [-0.25, -0.2) is 15.0 Å². The normalized spacial score (nSPS) is 11.2. The van der Waals surface area contributed by atoms with Gasteiger partial charge in [0.05, 0.1) is 0 Å². The monoisotopic (exact) mass is 443 g/mol. The standard InChI is InChI=1S/C27H18BN3O3/c32-28(33)20-10-6-9-18(15-20)26-29-25(17-7-2-1-3-8-17)30-27(31-26)19-13-14-22-21-11-4-5-12-23(21)34-24(22)16-19/h1-16,32-33H. The molecular formula is C27H18BN3O3. The second-order valence-electron chi connectivity index (χ2n) is 7.98. The van der Waals surface area contributed by atoms with Gasteiger partial charge in [0.1, 0.15) is 11.2 Å². The Morgan fingerprint density at radius 2 is 1.15 bits per heavy atom. The number of nitrogens with zero attached hydrogens (tertiary/aromatic N) is 3. The zero-order valence-electron chi connectivity index (χ0n) is 18.0. The molecule has 34 heavy (non-hydrogen) atoms. The molecule has 2 heterocycles. The molecule has 162 valence electrons. The number of aromatic nitrogens is 3. The fourth-order valence-electron chi connectivity index (χ4n) is 4.05. The topological polar surface area (TPSA) is 92.3 Å². The van der Waals surface area contributed by atoms with Crippen LogP contribution in [0.15, 0.2) is 101 Å². The zero-order valence-corrected chi connectivity index (χ0v) is 18.0. The van der Waals surface area contributed by atoms with Crippen LogP contribution in [0.1, 0.15) is 0 Å². The van der Waals surface area contributed by atoms with Crippen LogP contribution >= 0.6 is 0 Å². The Morgan fingerprint density at radius 1 is 0.529 bits per heavy atom. The molecule has 0 bridgehead atoms. The number of benzene rings is 4. The Morgan fingerprint density at radius 3 is 1.91 bits per heavy atom. The lowest BCUT2D eigenvalue weighted by Gasteiger charge is -2.09. The van der Waals surface area contributed by atoms with Crippen LogP contribution < -0.4 is 5.46 Å². The van der Waals surface area contributed by atoms with Gasteiger partial charge in [-0.15, -0.1) is 0 Å². The van der Waals surface area contributed by atoms with Gasteiger partial charge in [0, 0.05) is 27.5 Å². The summed E-state index contributed by atoms with van der Waals surface area (Å²) in [4.78, 5) is 14.2. The van der Waals surface area contributed by atoms with Gasteiger partial charge in [0.25, 0.3) is 0 Å². The van der Waals surface area contributed by atoms with Crippen molar-refractivity contribution in [1.29, 1.82) is 0 Å². The molecule has 0 amide bonds. The first kappa shape index (κ1) is 20.3. The predicted molar refractivity (Wildman–Crippen MR) is 133 cm³/mol. The van der Waals surface area contributed by atoms with Gasteiger partial charge in [-0.05, 0) is 23.7 Å². The highest BCUT2D eigenvalue weighted by molar-refractivity contribution is 6.58. The largest absolute Gasteiger partial charge is 0.488 e. The van der Waals surface area contributed by atoms with Gasteiger partial charge in [-0.3, -0.25) is 0 Å². The van der Waals surface area contributed by atoms with E-state index in [1.54, 1.807) is 18.2 Å². The van der Waals surface area contributed by atoms with Crippen LogP contribution in [-0.2, 0) is 0 Å². The van der Waals surface area contributed by atoms with E-state index >= 15 is 0 Å². The van der Waals surface area contributed by atoms with Crippen LogP contribution in [0, 0.1) is 0 Å².